The highest BCUT2D eigenvalue weighted by molar-refractivity contribution is 5.50. The van der Waals surface area contributed by atoms with E-state index in [0.717, 1.165) is 19.4 Å². The molecule has 0 saturated carbocycles. The third-order valence-electron chi connectivity index (χ3n) is 1.77. The zero-order chi connectivity index (χ0) is 9.40. The van der Waals surface area contributed by atoms with Crippen molar-refractivity contribution in [2.24, 2.45) is 16.7 Å². The lowest BCUT2D eigenvalue weighted by atomic mass is 10.1. The summed E-state index contributed by atoms with van der Waals surface area (Å²) in [6.45, 7) is 3.01. The topological polar surface area (TPSA) is 79.7 Å². The Morgan fingerprint density at radius 2 is 2.33 bits per heavy atom. The molecule has 0 rings (SSSR count). The van der Waals surface area contributed by atoms with E-state index in [1.807, 2.05) is 7.05 Å². The second kappa shape index (κ2) is 6.87. The van der Waals surface area contributed by atoms with Crippen molar-refractivity contribution < 1.29 is 0 Å². The molecule has 0 aromatic carbocycles. The Bertz CT molecular complexity index is 125. The predicted molar refractivity (Wildman–Crippen MR) is 51.3 cm³/mol. The van der Waals surface area contributed by atoms with Gasteiger partial charge in [0.05, 0.1) is 6.04 Å². The van der Waals surface area contributed by atoms with Crippen LogP contribution in [0, 0.1) is 0 Å². The van der Waals surface area contributed by atoms with Crippen LogP contribution in [0.5, 0.6) is 0 Å². The molecule has 0 amide bonds. The van der Waals surface area contributed by atoms with E-state index < -0.39 is 0 Å². The van der Waals surface area contributed by atoms with Gasteiger partial charge in [0.2, 0.25) is 0 Å². The van der Waals surface area contributed by atoms with Gasteiger partial charge in [-0.25, -0.2) is 11.0 Å². The number of hydrazine groups is 1. The monoisotopic (exact) mass is 173 g/mol. The standard InChI is InChI=1S/C7H19N5/c1-3-7(4-5-10-2)12(9)11-6-8/h6-7,10H,3-5,9H2,1-2H3,(H2,8,11). The summed E-state index contributed by atoms with van der Waals surface area (Å²) in [4.78, 5) is 0. The van der Waals surface area contributed by atoms with E-state index in [1.54, 1.807) is 0 Å². The molecule has 0 aliphatic heterocycles. The fraction of sp³-hybridized carbons (Fsp3) is 0.857. The van der Waals surface area contributed by atoms with Crippen LogP contribution in [0.4, 0.5) is 0 Å². The fourth-order valence-electron chi connectivity index (χ4n) is 1.01. The van der Waals surface area contributed by atoms with E-state index in [-0.39, 0.29) is 6.04 Å². The van der Waals surface area contributed by atoms with Crippen LogP contribution in [0.3, 0.4) is 0 Å². The molecule has 5 heteroatoms. The summed E-state index contributed by atoms with van der Waals surface area (Å²) >= 11 is 0. The molecule has 5 nitrogen and oxygen atoms in total. The van der Waals surface area contributed by atoms with Gasteiger partial charge in [0.1, 0.15) is 6.34 Å². The molecule has 0 saturated heterocycles. The van der Waals surface area contributed by atoms with Crippen molar-refractivity contribution in [3.8, 4) is 0 Å². The van der Waals surface area contributed by atoms with Crippen LogP contribution < -0.4 is 16.9 Å². The van der Waals surface area contributed by atoms with Gasteiger partial charge in [-0.3, -0.25) is 0 Å². The molecule has 0 bridgehead atoms. The summed E-state index contributed by atoms with van der Waals surface area (Å²) in [6, 6.07) is 0.261. The lowest BCUT2D eigenvalue weighted by Crippen LogP contribution is -2.38. The van der Waals surface area contributed by atoms with Gasteiger partial charge in [-0.1, -0.05) is 6.92 Å². The number of hydrogen-bond acceptors (Lipinski definition) is 4. The molecule has 0 radical (unpaired) electrons. The van der Waals surface area contributed by atoms with Gasteiger partial charge in [0, 0.05) is 0 Å². The molecule has 0 spiro atoms. The maximum atomic E-state index is 5.61. The zero-order valence-corrected chi connectivity index (χ0v) is 7.83. The number of nitrogens with zero attached hydrogens (tertiary/aromatic N) is 2. The van der Waals surface area contributed by atoms with E-state index in [0.29, 0.717) is 0 Å². The first-order valence-corrected chi connectivity index (χ1v) is 4.19. The Labute approximate surface area is 73.8 Å². The van der Waals surface area contributed by atoms with Gasteiger partial charge in [-0.15, -0.1) is 0 Å². The summed E-state index contributed by atoms with van der Waals surface area (Å²) in [5, 5.41) is 8.26. The van der Waals surface area contributed by atoms with E-state index in [4.69, 9.17) is 11.6 Å². The second-order valence-corrected chi connectivity index (χ2v) is 2.60. The molecule has 0 fully saturated rings. The third-order valence-corrected chi connectivity index (χ3v) is 1.77. The highest BCUT2D eigenvalue weighted by atomic mass is 15.6. The molecule has 1 unspecified atom stereocenters. The number of hydrazone groups is 1. The molecular formula is C7H19N5. The Morgan fingerprint density at radius 1 is 1.67 bits per heavy atom. The SMILES string of the molecule is CCC(CCNC)N(N)/N=C\N. The first kappa shape index (κ1) is 11.2. The largest absolute Gasteiger partial charge is 0.388 e. The molecule has 72 valence electrons. The summed E-state index contributed by atoms with van der Waals surface area (Å²) in [5.74, 6) is 5.61. The zero-order valence-electron chi connectivity index (χ0n) is 7.83. The number of rotatable bonds is 6. The van der Waals surface area contributed by atoms with E-state index in [2.05, 4.69) is 17.3 Å². The molecule has 0 aromatic heterocycles. The highest BCUT2D eigenvalue weighted by Crippen LogP contribution is 2.03. The molecule has 12 heavy (non-hydrogen) atoms. The molecule has 0 aliphatic rings. The van der Waals surface area contributed by atoms with Crippen LogP contribution >= 0.6 is 0 Å². The van der Waals surface area contributed by atoms with E-state index in [9.17, 15) is 0 Å². The number of nitrogens with two attached hydrogens (primary N) is 2. The molecule has 0 aromatic rings. The van der Waals surface area contributed by atoms with Crippen molar-refractivity contribution >= 4 is 6.34 Å². The van der Waals surface area contributed by atoms with Crippen LogP contribution in [0.15, 0.2) is 5.10 Å². The normalized spacial score (nSPS) is 13.6. The molecule has 5 N–H and O–H groups in total. The van der Waals surface area contributed by atoms with Gasteiger partial charge < -0.3 is 11.1 Å². The van der Waals surface area contributed by atoms with Gasteiger partial charge >= 0.3 is 0 Å². The van der Waals surface area contributed by atoms with Crippen molar-refractivity contribution in [3.63, 3.8) is 0 Å². The first-order valence-electron chi connectivity index (χ1n) is 4.19. The second-order valence-electron chi connectivity index (χ2n) is 2.60. The van der Waals surface area contributed by atoms with Crippen LogP contribution in [0.25, 0.3) is 0 Å². The van der Waals surface area contributed by atoms with Gasteiger partial charge in [-0.2, -0.15) is 5.10 Å². The summed E-state index contributed by atoms with van der Waals surface area (Å²) in [6.07, 6.45) is 3.15. The Balaban J connectivity index is 3.78. The minimum Gasteiger partial charge on any atom is -0.388 e. The average molecular weight is 173 g/mol. The summed E-state index contributed by atoms with van der Waals surface area (Å²) < 4.78 is 0. The lowest BCUT2D eigenvalue weighted by Gasteiger charge is -2.22. The van der Waals surface area contributed by atoms with Gasteiger partial charge in [0.15, 0.2) is 0 Å². The van der Waals surface area contributed by atoms with Crippen LogP contribution in [-0.4, -0.2) is 31.1 Å². The van der Waals surface area contributed by atoms with E-state index >= 15 is 0 Å². The average Bonchev–Trinajstić information content (AvgIpc) is 2.06. The quantitative estimate of drug-likeness (QED) is 0.218. The first-order chi connectivity index (χ1) is 5.76. The van der Waals surface area contributed by atoms with Gasteiger partial charge in [-0.05, 0) is 26.4 Å². The molecule has 1 atom stereocenters. The van der Waals surface area contributed by atoms with Gasteiger partial charge in [0.25, 0.3) is 0 Å². The smallest absolute Gasteiger partial charge is 0.107 e. The number of nitrogens with one attached hydrogen (secondary N) is 1. The minimum absolute atomic E-state index is 0.261. The van der Waals surface area contributed by atoms with Crippen LogP contribution in [0.2, 0.25) is 0 Å². The van der Waals surface area contributed by atoms with Crippen molar-refractivity contribution in [2.75, 3.05) is 13.6 Å². The summed E-state index contributed by atoms with van der Waals surface area (Å²) in [5.41, 5.74) is 5.12. The maximum absolute atomic E-state index is 5.61. The fourth-order valence-corrected chi connectivity index (χ4v) is 1.01. The predicted octanol–water partition coefficient (Wildman–Crippen LogP) is -0.548. The van der Waals surface area contributed by atoms with Crippen molar-refractivity contribution in [1.29, 1.82) is 0 Å². The highest BCUT2D eigenvalue weighted by Gasteiger charge is 2.09. The lowest BCUT2D eigenvalue weighted by molar-refractivity contribution is 0.194. The Morgan fingerprint density at radius 3 is 2.75 bits per heavy atom. The molecule has 0 heterocycles. The minimum atomic E-state index is 0.261. The van der Waals surface area contributed by atoms with Crippen molar-refractivity contribution in [1.82, 2.24) is 10.4 Å². The maximum Gasteiger partial charge on any atom is 0.107 e. The molecule has 0 aliphatic carbocycles. The van der Waals surface area contributed by atoms with E-state index in [1.165, 1.54) is 11.5 Å². The Kier molecular flexibility index (Phi) is 6.41. The van der Waals surface area contributed by atoms with Crippen LogP contribution in [0.1, 0.15) is 19.8 Å². The molecular weight excluding hydrogens is 154 g/mol. The van der Waals surface area contributed by atoms with Crippen molar-refractivity contribution in [3.05, 3.63) is 0 Å². The van der Waals surface area contributed by atoms with Crippen LogP contribution in [-0.2, 0) is 0 Å². The van der Waals surface area contributed by atoms with Crippen molar-refractivity contribution in [2.45, 2.75) is 25.8 Å². The number of hydrogen-bond donors (Lipinski definition) is 3. The third kappa shape index (κ3) is 4.15. The summed E-state index contributed by atoms with van der Waals surface area (Å²) in [7, 11) is 1.92. The Hall–Kier alpha value is -0.810.